The summed E-state index contributed by atoms with van der Waals surface area (Å²) in [7, 11) is 5.25. The van der Waals surface area contributed by atoms with Crippen molar-refractivity contribution in [2.45, 2.75) is 0 Å². The van der Waals surface area contributed by atoms with Gasteiger partial charge in [-0.25, -0.2) is 9.37 Å². The summed E-state index contributed by atoms with van der Waals surface area (Å²) in [6.45, 7) is 0. The van der Waals surface area contributed by atoms with Gasteiger partial charge in [0.05, 0.1) is 12.8 Å². The van der Waals surface area contributed by atoms with Crippen LogP contribution in [0.2, 0.25) is 0 Å². The molecule has 0 aliphatic carbocycles. The Hall–Kier alpha value is -2.93. The summed E-state index contributed by atoms with van der Waals surface area (Å²) in [5, 5.41) is 5.01. The van der Waals surface area contributed by atoms with E-state index in [-0.39, 0.29) is 11.7 Å². The molecule has 0 radical (unpaired) electrons. The van der Waals surface area contributed by atoms with Gasteiger partial charge in [0.15, 0.2) is 16.7 Å². The minimum atomic E-state index is -0.455. The van der Waals surface area contributed by atoms with Crippen LogP contribution in [0.5, 0.6) is 5.75 Å². The quantitative estimate of drug-likeness (QED) is 0.727. The Balaban J connectivity index is 1.77. The van der Waals surface area contributed by atoms with E-state index in [1.54, 1.807) is 23.6 Å². The number of anilines is 2. The van der Waals surface area contributed by atoms with E-state index < -0.39 is 5.82 Å². The Labute approximate surface area is 155 Å². The van der Waals surface area contributed by atoms with Crippen LogP contribution in [-0.2, 0) is 0 Å². The summed E-state index contributed by atoms with van der Waals surface area (Å²) in [4.78, 5) is 18.7. The van der Waals surface area contributed by atoms with Gasteiger partial charge in [0.2, 0.25) is 0 Å². The van der Waals surface area contributed by atoms with E-state index in [4.69, 9.17) is 4.74 Å². The van der Waals surface area contributed by atoms with E-state index in [0.29, 0.717) is 22.0 Å². The van der Waals surface area contributed by atoms with Crippen LogP contribution in [0.15, 0.2) is 47.8 Å². The third kappa shape index (κ3) is 3.83. The number of rotatable bonds is 5. The number of ether oxygens (including phenoxy) is 1. The number of hydrogen-bond acceptors (Lipinski definition) is 5. The average molecular weight is 371 g/mol. The lowest BCUT2D eigenvalue weighted by molar-refractivity contribution is 0.102. The van der Waals surface area contributed by atoms with Crippen molar-refractivity contribution < 1.29 is 13.9 Å². The highest BCUT2D eigenvalue weighted by atomic mass is 32.1. The molecule has 0 saturated heterocycles. The second-order valence-corrected chi connectivity index (χ2v) is 6.64. The maximum atomic E-state index is 13.9. The molecule has 0 fully saturated rings. The first-order valence-corrected chi connectivity index (χ1v) is 8.74. The highest BCUT2D eigenvalue weighted by Gasteiger charge is 2.12. The lowest BCUT2D eigenvalue weighted by Gasteiger charge is -2.13. The molecule has 3 aromatic rings. The zero-order chi connectivity index (χ0) is 18.7. The first-order valence-electron chi connectivity index (χ1n) is 7.86. The maximum absolute atomic E-state index is 13.9. The monoisotopic (exact) mass is 371 g/mol. The van der Waals surface area contributed by atoms with Gasteiger partial charge in [-0.05, 0) is 36.4 Å². The van der Waals surface area contributed by atoms with Gasteiger partial charge in [0, 0.05) is 36.3 Å². The van der Waals surface area contributed by atoms with Crippen molar-refractivity contribution >= 4 is 28.1 Å². The summed E-state index contributed by atoms with van der Waals surface area (Å²) >= 11 is 1.29. The maximum Gasteiger partial charge on any atom is 0.257 e. The van der Waals surface area contributed by atoms with Crippen molar-refractivity contribution in [2.24, 2.45) is 0 Å². The Morgan fingerprint density at radius 2 is 2.04 bits per heavy atom. The number of amides is 1. The number of carbonyl (C=O) groups excluding carboxylic acids is 1. The van der Waals surface area contributed by atoms with Gasteiger partial charge >= 0.3 is 0 Å². The number of methoxy groups -OCH3 is 1. The molecule has 2 aromatic carbocycles. The molecular formula is C19H18FN3O2S. The van der Waals surface area contributed by atoms with Crippen LogP contribution in [-0.4, -0.2) is 32.1 Å². The third-order valence-corrected chi connectivity index (χ3v) is 4.55. The number of thiazole rings is 1. The Morgan fingerprint density at radius 3 is 2.73 bits per heavy atom. The predicted octanol–water partition coefficient (Wildman–Crippen LogP) is 4.28. The molecule has 0 saturated carbocycles. The second kappa shape index (κ2) is 7.53. The van der Waals surface area contributed by atoms with Crippen molar-refractivity contribution in [3.63, 3.8) is 0 Å². The molecule has 0 bridgehead atoms. The molecule has 1 N–H and O–H groups in total. The SMILES string of the molecule is COc1ccc(-c2csc(NC(=O)c3cccc(N(C)C)c3)n2)cc1F. The van der Waals surface area contributed by atoms with E-state index in [2.05, 4.69) is 10.3 Å². The average Bonchev–Trinajstić information content (AvgIpc) is 3.10. The smallest absolute Gasteiger partial charge is 0.257 e. The molecule has 3 rings (SSSR count). The number of aromatic nitrogens is 1. The van der Waals surface area contributed by atoms with Gasteiger partial charge in [0.25, 0.3) is 5.91 Å². The van der Waals surface area contributed by atoms with E-state index in [1.807, 2.05) is 37.2 Å². The summed E-state index contributed by atoms with van der Waals surface area (Å²) in [6, 6.07) is 11.9. The highest BCUT2D eigenvalue weighted by molar-refractivity contribution is 7.14. The fourth-order valence-corrected chi connectivity index (χ4v) is 3.10. The Bertz CT molecular complexity index is 940. The van der Waals surface area contributed by atoms with Crippen LogP contribution < -0.4 is 15.0 Å². The van der Waals surface area contributed by atoms with Crippen molar-refractivity contribution in [3.8, 4) is 17.0 Å². The fraction of sp³-hybridized carbons (Fsp3) is 0.158. The zero-order valence-electron chi connectivity index (χ0n) is 14.6. The number of nitrogens with one attached hydrogen (secondary N) is 1. The Kier molecular flexibility index (Phi) is 5.18. The molecule has 1 heterocycles. The lowest BCUT2D eigenvalue weighted by atomic mass is 10.1. The standard InChI is InChI=1S/C19H18FN3O2S/c1-23(2)14-6-4-5-13(9-14)18(24)22-19-21-16(11-26-19)12-7-8-17(25-3)15(20)10-12/h4-11H,1-3H3,(H,21,22,24). The Morgan fingerprint density at radius 1 is 1.23 bits per heavy atom. The van der Waals surface area contributed by atoms with Gasteiger partial charge in [-0.15, -0.1) is 11.3 Å². The minimum absolute atomic E-state index is 0.179. The van der Waals surface area contributed by atoms with Crippen LogP contribution in [0.25, 0.3) is 11.3 Å². The molecule has 0 atom stereocenters. The first kappa shape index (κ1) is 17.9. The molecular weight excluding hydrogens is 353 g/mol. The molecule has 1 aromatic heterocycles. The molecule has 0 unspecified atom stereocenters. The lowest BCUT2D eigenvalue weighted by Crippen LogP contribution is -2.14. The topological polar surface area (TPSA) is 54.5 Å². The molecule has 5 nitrogen and oxygen atoms in total. The van der Waals surface area contributed by atoms with Crippen molar-refractivity contribution in [3.05, 3.63) is 59.2 Å². The number of benzene rings is 2. The number of hydrogen-bond donors (Lipinski definition) is 1. The molecule has 0 aliphatic rings. The van der Waals surface area contributed by atoms with E-state index in [9.17, 15) is 9.18 Å². The fourth-order valence-electron chi connectivity index (χ4n) is 2.38. The number of nitrogens with zero attached hydrogens (tertiary/aromatic N) is 2. The number of carbonyl (C=O) groups is 1. The molecule has 1 amide bonds. The van der Waals surface area contributed by atoms with Crippen molar-refractivity contribution in [1.82, 2.24) is 4.98 Å². The minimum Gasteiger partial charge on any atom is -0.494 e. The van der Waals surface area contributed by atoms with Crippen LogP contribution in [0.4, 0.5) is 15.2 Å². The summed E-state index contributed by atoms with van der Waals surface area (Å²) in [6.07, 6.45) is 0. The van der Waals surface area contributed by atoms with Crippen LogP contribution >= 0.6 is 11.3 Å². The van der Waals surface area contributed by atoms with Gasteiger partial charge < -0.3 is 9.64 Å². The number of halogens is 1. The molecule has 0 aliphatic heterocycles. The molecule has 134 valence electrons. The summed E-state index contributed by atoms with van der Waals surface area (Å²) in [5.41, 5.74) is 2.69. The van der Waals surface area contributed by atoms with Gasteiger partial charge in [0.1, 0.15) is 0 Å². The van der Waals surface area contributed by atoms with E-state index >= 15 is 0 Å². The highest BCUT2D eigenvalue weighted by Crippen LogP contribution is 2.28. The van der Waals surface area contributed by atoms with Gasteiger partial charge in [-0.1, -0.05) is 6.07 Å². The first-order chi connectivity index (χ1) is 12.5. The predicted molar refractivity (Wildman–Crippen MR) is 103 cm³/mol. The van der Waals surface area contributed by atoms with Crippen molar-refractivity contribution in [1.29, 1.82) is 0 Å². The molecule has 0 spiro atoms. The molecule has 26 heavy (non-hydrogen) atoms. The van der Waals surface area contributed by atoms with Crippen LogP contribution in [0, 0.1) is 5.82 Å². The van der Waals surface area contributed by atoms with Gasteiger partial charge in [-0.2, -0.15) is 0 Å². The summed E-state index contributed by atoms with van der Waals surface area (Å²) < 4.78 is 18.8. The zero-order valence-corrected chi connectivity index (χ0v) is 15.4. The van der Waals surface area contributed by atoms with Crippen LogP contribution in [0.1, 0.15) is 10.4 Å². The van der Waals surface area contributed by atoms with Crippen molar-refractivity contribution in [2.75, 3.05) is 31.4 Å². The largest absolute Gasteiger partial charge is 0.494 e. The normalized spacial score (nSPS) is 10.5. The van der Waals surface area contributed by atoms with Gasteiger partial charge in [-0.3, -0.25) is 10.1 Å². The van der Waals surface area contributed by atoms with E-state index in [1.165, 1.54) is 24.5 Å². The van der Waals surface area contributed by atoms with E-state index in [0.717, 1.165) is 5.69 Å². The second-order valence-electron chi connectivity index (χ2n) is 5.79. The van der Waals surface area contributed by atoms with Crippen LogP contribution in [0.3, 0.4) is 0 Å². The molecule has 7 heteroatoms. The third-order valence-electron chi connectivity index (χ3n) is 3.80. The summed E-state index contributed by atoms with van der Waals surface area (Å²) in [5.74, 6) is -0.516.